The standard InChI is InChI=1S/C19H23F2NO3S/c1-19(2,10-13-4-3-7-26-13)22-11-16(23)14-8-12(5-6-17(24)25)9-15(20)18(14)21/h3-4,7-9,16,22-23H,5-6,10-11H2,1-2H3,(H,24,25)/t16-/m1/s1. The zero-order chi connectivity index (χ0) is 19.3. The van der Waals surface area contributed by atoms with Crippen LogP contribution in [0.4, 0.5) is 8.78 Å². The van der Waals surface area contributed by atoms with E-state index in [2.05, 4.69) is 5.32 Å². The van der Waals surface area contributed by atoms with Gasteiger partial charge in [-0.3, -0.25) is 4.79 Å². The first kappa shape index (κ1) is 20.5. The number of carboxylic acid groups (broad SMARTS) is 1. The number of hydrogen-bond acceptors (Lipinski definition) is 4. The number of rotatable bonds is 9. The quantitative estimate of drug-likeness (QED) is 0.618. The Balaban J connectivity index is 2.05. The summed E-state index contributed by atoms with van der Waals surface area (Å²) in [6.07, 6.45) is -0.611. The maximum absolute atomic E-state index is 14.1. The van der Waals surface area contributed by atoms with Crippen LogP contribution in [0.15, 0.2) is 29.6 Å². The van der Waals surface area contributed by atoms with E-state index in [1.165, 1.54) is 10.9 Å². The number of thiophene rings is 1. The zero-order valence-electron chi connectivity index (χ0n) is 14.8. The fourth-order valence-electron chi connectivity index (χ4n) is 2.70. The number of hydrogen-bond donors (Lipinski definition) is 3. The van der Waals surface area contributed by atoms with Crippen molar-refractivity contribution in [2.75, 3.05) is 6.54 Å². The fraction of sp³-hybridized carbons (Fsp3) is 0.421. The Morgan fingerprint density at radius 2 is 2.08 bits per heavy atom. The normalized spacial score (nSPS) is 13.0. The average molecular weight is 383 g/mol. The van der Waals surface area contributed by atoms with Crippen molar-refractivity contribution in [3.8, 4) is 0 Å². The molecule has 26 heavy (non-hydrogen) atoms. The van der Waals surface area contributed by atoms with Crippen molar-refractivity contribution in [2.45, 2.75) is 44.8 Å². The molecule has 0 saturated carbocycles. The van der Waals surface area contributed by atoms with Gasteiger partial charge in [-0.1, -0.05) is 6.07 Å². The first-order chi connectivity index (χ1) is 12.2. The molecule has 1 atom stereocenters. The van der Waals surface area contributed by atoms with Crippen LogP contribution < -0.4 is 5.32 Å². The molecule has 4 nitrogen and oxygen atoms in total. The fourth-order valence-corrected chi connectivity index (χ4v) is 3.63. The van der Waals surface area contributed by atoms with Crippen molar-refractivity contribution in [3.63, 3.8) is 0 Å². The number of carboxylic acids is 1. The van der Waals surface area contributed by atoms with Gasteiger partial charge in [-0.2, -0.15) is 0 Å². The molecule has 3 N–H and O–H groups in total. The lowest BCUT2D eigenvalue weighted by Crippen LogP contribution is -2.43. The van der Waals surface area contributed by atoms with E-state index in [0.717, 1.165) is 12.5 Å². The molecule has 0 saturated heterocycles. The molecule has 1 aromatic heterocycles. The summed E-state index contributed by atoms with van der Waals surface area (Å²) < 4.78 is 27.9. The minimum absolute atomic E-state index is 0.0527. The molecule has 0 fully saturated rings. The summed E-state index contributed by atoms with van der Waals surface area (Å²) >= 11 is 1.63. The molecule has 1 heterocycles. The summed E-state index contributed by atoms with van der Waals surface area (Å²) in [5.74, 6) is -3.21. The summed E-state index contributed by atoms with van der Waals surface area (Å²) in [5.41, 5.74) is -0.148. The van der Waals surface area contributed by atoms with Crippen molar-refractivity contribution in [3.05, 3.63) is 57.3 Å². The second-order valence-corrected chi connectivity index (χ2v) is 7.94. The van der Waals surface area contributed by atoms with Gasteiger partial charge in [0.25, 0.3) is 0 Å². The summed E-state index contributed by atoms with van der Waals surface area (Å²) in [6.45, 7) is 4.00. The van der Waals surface area contributed by atoms with Crippen molar-refractivity contribution in [1.29, 1.82) is 0 Å². The Morgan fingerprint density at radius 1 is 1.35 bits per heavy atom. The van der Waals surface area contributed by atoms with Gasteiger partial charge < -0.3 is 15.5 Å². The third-order valence-electron chi connectivity index (χ3n) is 4.07. The molecule has 142 valence electrons. The van der Waals surface area contributed by atoms with Gasteiger partial charge in [0.05, 0.1) is 6.10 Å². The maximum atomic E-state index is 14.1. The van der Waals surface area contributed by atoms with Crippen LogP contribution in [0.1, 0.15) is 42.4 Å². The molecule has 2 rings (SSSR count). The van der Waals surface area contributed by atoms with Crippen LogP contribution in [-0.2, 0) is 17.6 Å². The molecule has 0 bridgehead atoms. The lowest BCUT2D eigenvalue weighted by Gasteiger charge is -2.27. The van der Waals surface area contributed by atoms with E-state index in [4.69, 9.17) is 5.11 Å². The number of halogens is 2. The van der Waals surface area contributed by atoms with E-state index >= 15 is 0 Å². The second-order valence-electron chi connectivity index (χ2n) is 6.91. The molecule has 1 aromatic carbocycles. The minimum Gasteiger partial charge on any atom is -0.481 e. The molecular weight excluding hydrogens is 360 g/mol. The molecule has 2 aromatic rings. The van der Waals surface area contributed by atoms with Crippen LogP contribution in [0.2, 0.25) is 0 Å². The summed E-state index contributed by atoms with van der Waals surface area (Å²) in [5, 5.41) is 24.2. The second kappa shape index (κ2) is 8.70. The third kappa shape index (κ3) is 5.86. The van der Waals surface area contributed by atoms with Crippen LogP contribution >= 0.6 is 11.3 Å². The van der Waals surface area contributed by atoms with E-state index in [0.29, 0.717) is 5.56 Å². The van der Waals surface area contributed by atoms with E-state index < -0.39 is 23.7 Å². The molecule has 0 aliphatic carbocycles. The topological polar surface area (TPSA) is 69.6 Å². The molecule has 7 heteroatoms. The van der Waals surface area contributed by atoms with Gasteiger partial charge in [0.2, 0.25) is 0 Å². The Hall–Kier alpha value is -1.83. The van der Waals surface area contributed by atoms with Gasteiger partial charge in [0, 0.05) is 28.9 Å². The summed E-state index contributed by atoms with van der Waals surface area (Å²) in [7, 11) is 0. The smallest absolute Gasteiger partial charge is 0.303 e. The van der Waals surface area contributed by atoms with Crippen molar-refractivity contribution in [1.82, 2.24) is 5.32 Å². The number of aryl methyl sites for hydroxylation is 1. The Morgan fingerprint density at radius 3 is 2.69 bits per heavy atom. The number of benzene rings is 1. The number of aliphatic hydroxyl groups excluding tert-OH is 1. The van der Waals surface area contributed by atoms with Crippen molar-refractivity contribution >= 4 is 17.3 Å². The number of aliphatic carboxylic acids is 1. The van der Waals surface area contributed by atoms with Gasteiger partial charge in [0.1, 0.15) is 0 Å². The number of nitrogens with one attached hydrogen (secondary N) is 1. The number of aliphatic hydroxyl groups is 1. The van der Waals surface area contributed by atoms with Crippen LogP contribution in [0.25, 0.3) is 0 Å². The number of β-amino-alcohol motifs (C(OH)–C–C–N with tert-alkyl or cyclic N) is 1. The Bertz CT molecular complexity index is 747. The molecular formula is C19H23F2NO3S. The molecule has 0 radical (unpaired) electrons. The van der Waals surface area contributed by atoms with Gasteiger partial charge in [-0.05, 0) is 55.8 Å². The van der Waals surface area contributed by atoms with Crippen LogP contribution in [0, 0.1) is 11.6 Å². The van der Waals surface area contributed by atoms with Crippen molar-refractivity contribution < 1.29 is 23.8 Å². The lowest BCUT2D eigenvalue weighted by atomic mass is 9.97. The number of carbonyl (C=O) groups is 1. The molecule has 0 unspecified atom stereocenters. The third-order valence-corrected chi connectivity index (χ3v) is 4.95. The van der Waals surface area contributed by atoms with E-state index in [1.807, 2.05) is 31.4 Å². The minimum atomic E-state index is -1.24. The Labute approximate surface area is 155 Å². The summed E-state index contributed by atoms with van der Waals surface area (Å²) in [4.78, 5) is 11.8. The summed E-state index contributed by atoms with van der Waals surface area (Å²) in [6, 6.07) is 6.29. The van der Waals surface area contributed by atoms with Gasteiger partial charge in [-0.15, -0.1) is 11.3 Å². The highest BCUT2D eigenvalue weighted by Gasteiger charge is 2.23. The van der Waals surface area contributed by atoms with Crippen molar-refractivity contribution in [2.24, 2.45) is 0 Å². The molecule has 0 spiro atoms. The average Bonchev–Trinajstić information content (AvgIpc) is 3.05. The van der Waals surface area contributed by atoms with E-state index in [-0.39, 0.29) is 30.5 Å². The first-order valence-corrected chi connectivity index (χ1v) is 9.21. The SMILES string of the molecule is CC(C)(Cc1cccs1)NC[C@@H](O)c1cc(CCC(=O)O)cc(F)c1F. The van der Waals surface area contributed by atoms with Crippen LogP contribution in [0.3, 0.4) is 0 Å². The van der Waals surface area contributed by atoms with E-state index in [1.54, 1.807) is 11.3 Å². The highest BCUT2D eigenvalue weighted by molar-refractivity contribution is 7.09. The molecule has 0 aliphatic heterocycles. The van der Waals surface area contributed by atoms with Crippen LogP contribution in [0.5, 0.6) is 0 Å². The highest BCUT2D eigenvalue weighted by Crippen LogP contribution is 2.24. The Kier molecular flexibility index (Phi) is 6.86. The monoisotopic (exact) mass is 383 g/mol. The predicted molar refractivity (Wildman–Crippen MR) is 97.4 cm³/mol. The first-order valence-electron chi connectivity index (χ1n) is 8.33. The zero-order valence-corrected chi connectivity index (χ0v) is 15.6. The van der Waals surface area contributed by atoms with Gasteiger partial charge in [0.15, 0.2) is 11.6 Å². The van der Waals surface area contributed by atoms with Gasteiger partial charge >= 0.3 is 5.97 Å². The van der Waals surface area contributed by atoms with E-state index in [9.17, 15) is 18.7 Å². The molecule has 0 aliphatic rings. The lowest BCUT2D eigenvalue weighted by molar-refractivity contribution is -0.136. The predicted octanol–water partition coefficient (Wildman–Crippen LogP) is 3.69. The highest BCUT2D eigenvalue weighted by atomic mass is 32.1. The maximum Gasteiger partial charge on any atom is 0.303 e. The van der Waals surface area contributed by atoms with Crippen LogP contribution in [-0.4, -0.2) is 28.3 Å². The largest absolute Gasteiger partial charge is 0.481 e. The van der Waals surface area contributed by atoms with Gasteiger partial charge in [-0.25, -0.2) is 8.78 Å². The molecule has 0 amide bonds.